The Kier molecular flexibility index (Phi) is 10.3. The molecule has 0 radical (unpaired) electrons. The van der Waals surface area contributed by atoms with Gasteiger partial charge in [0.05, 0.1) is 31.9 Å². The lowest BCUT2D eigenvalue weighted by Gasteiger charge is -2.37. The monoisotopic (exact) mass is 490 g/mol. The molecule has 1 aromatic heterocycles. The average Bonchev–Trinajstić information content (AvgIpc) is 3.30. The van der Waals surface area contributed by atoms with E-state index < -0.39 is 6.10 Å². The van der Waals surface area contributed by atoms with Gasteiger partial charge in [0.15, 0.2) is 0 Å². The number of nitrogens with zero attached hydrogens (tertiary/aromatic N) is 2. The minimum Gasteiger partial charge on any atom is -0.491 e. The van der Waals surface area contributed by atoms with Crippen LogP contribution in [0.2, 0.25) is 0 Å². The number of fused-ring (bicyclic) bond motifs is 1. The smallest absolute Gasteiger partial charge is 0.237 e. The number of terminal acetylenes is 1. The number of amides is 1. The lowest BCUT2D eigenvalue weighted by atomic mass is 10.0. The van der Waals surface area contributed by atoms with Crippen LogP contribution in [0.5, 0.6) is 5.75 Å². The Bertz CT molecular complexity index is 963. The van der Waals surface area contributed by atoms with Crippen molar-refractivity contribution in [3.63, 3.8) is 0 Å². The maximum atomic E-state index is 13.6. The van der Waals surface area contributed by atoms with Crippen molar-refractivity contribution in [3.05, 3.63) is 52.0 Å². The van der Waals surface area contributed by atoms with E-state index in [1.807, 2.05) is 21.2 Å². The van der Waals surface area contributed by atoms with Crippen molar-refractivity contribution in [2.45, 2.75) is 18.6 Å². The van der Waals surface area contributed by atoms with Crippen LogP contribution >= 0.6 is 11.3 Å². The van der Waals surface area contributed by atoms with E-state index in [9.17, 15) is 14.3 Å². The van der Waals surface area contributed by atoms with Crippen molar-refractivity contribution in [1.82, 2.24) is 9.80 Å². The van der Waals surface area contributed by atoms with Gasteiger partial charge in [-0.15, -0.1) is 17.8 Å². The number of aliphatic hydroxyl groups excluding tert-OH is 1. The molecule has 2 heterocycles. The molecule has 2 atom stereocenters. The van der Waals surface area contributed by atoms with Gasteiger partial charge in [-0.05, 0) is 35.6 Å². The first-order chi connectivity index (χ1) is 16.5. The molecule has 184 valence electrons. The molecule has 0 unspecified atom stereocenters. The molecule has 34 heavy (non-hydrogen) atoms. The summed E-state index contributed by atoms with van der Waals surface area (Å²) in [6.45, 7) is 2.27. The SMILES string of the molecule is C#CCOC[C@@H](O)CN(CCOC)CC(=O)N1CCc2sccc2[C@@H]1COc1cccc(F)c1. The number of ether oxygens (including phenoxy) is 3. The quantitative estimate of drug-likeness (QED) is 0.343. The third-order valence-corrected chi connectivity index (χ3v) is 6.55. The molecular weight excluding hydrogens is 459 g/mol. The molecule has 0 bridgehead atoms. The molecule has 1 amide bonds. The summed E-state index contributed by atoms with van der Waals surface area (Å²) in [5.74, 6) is 2.34. The Labute approximate surface area is 204 Å². The standard InChI is InChI=1S/C25H31FN2O5S/c1-3-11-32-17-20(29)15-27(10-12-31-2)16-25(30)28-9-7-24-22(8-13-34-24)23(28)18-33-21-6-4-5-19(26)14-21/h1,4-6,8,13-14,20,23,29H,7,9-12,15-18H2,2H3/t20-,23-/m0/s1. The molecular formula is C25H31FN2O5S. The zero-order chi connectivity index (χ0) is 24.3. The fourth-order valence-corrected chi connectivity index (χ4v) is 4.88. The first-order valence-corrected chi connectivity index (χ1v) is 12.0. The summed E-state index contributed by atoms with van der Waals surface area (Å²) in [4.78, 5) is 18.3. The number of rotatable bonds is 13. The molecule has 0 spiro atoms. The van der Waals surface area contributed by atoms with Gasteiger partial charge in [-0.25, -0.2) is 4.39 Å². The van der Waals surface area contributed by atoms with E-state index >= 15 is 0 Å². The molecule has 0 saturated heterocycles. The van der Waals surface area contributed by atoms with Crippen LogP contribution in [0, 0.1) is 18.2 Å². The fraction of sp³-hybridized carbons (Fsp3) is 0.480. The van der Waals surface area contributed by atoms with Crippen molar-refractivity contribution >= 4 is 17.2 Å². The topological polar surface area (TPSA) is 71.5 Å². The summed E-state index contributed by atoms with van der Waals surface area (Å²) in [7, 11) is 1.59. The second kappa shape index (κ2) is 13.4. The second-order valence-corrected chi connectivity index (χ2v) is 9.02. The fourth-order valence-electron chi connectivity index (χ4n) is 3.95. The van der Waals surface area contributed by atoms with Crippen molar-refractivity contribution in [3.8, 4) is 18.1 Å². The summed E-state index contributed by atoms with van der Waals surface area (Å²) in [5, 5.41) is 12.3. The molecule has 1 aromatic carbocycles. The predicted molar refractivity (Wildman–Crippen MR) is 128 cm³/mol. The molecule has 1 N–H and O–H groups in total. The average molecular weight is 491 g/mol. The van der Waals surface area contributed by atoms with Gasteiger partial charge in [-0.1, -0.05) is 12.0 Å². The normalized spacial score (nSPS) is 16.2. The number of thiophene rings is 1. The van der Waals surface area contributed by atoms with Gasteiger partial charge in [-0.2, -0.15) is 0 Å². The third kappa shape index (κ3) is 7.52. The molecule has 1 aliphatic rings. The summed E-state index contributed by atoms with van der Waals surface area (Å²) >= 11 is 1.67. The van der Waals surface area contributed by atoms with Crippen LogP contribution in [0.4, 0.5) is 4.39 Å². The van der Waals surface area contributed by atoms with Gasteiger partial charge >= 0.3 is 0 Å². The lowest BCUT2D eigenvalue weighted by Crippen LogP contribution is -2.48. The summed E-state index contributed by atoms with van der Waals surface area (Å²) in [6.07, 6.45) is 5.17. The number of halogens is 1. The van der Waals surface area contributed by atoms with E-state index in [0.29, 0.717) is 25.4 Å². The minimum atomic E-state index is -0.782. The van der Waals surface area contributed by atoms with E-state index in [0.717, 1.165) is 12.0 Å². The number of benzene rings is 1. The zero-order valence-electron chi connectivity index (χ0n) is 19.3. The molecule has 3 rings (SSSR count). The van der Waals surface area contributed by atoms with Gasteiger partial charge < -0.3 is 24.2 Å². The highest BCUT2D eigenvalue weighted by Gasteiger charge is 2.33. The predicted octanol–water partition coefficient (Wildman–Crippen LogP) is 2.35. The highest BCUT2D eigenvalue weighted by atomic mass is 32.1. The minimum absolute atomic E-state index is 0.0717. The van der Waals surface area contributed by atoms with Gasteiger partial charge in [0.2, 0.25) is 5.91 Å². The molecule has 7 nitrogen and oxygen atoms in total. The van der Waals surface area contributed by atoms with E-state index in [2.05, 4.69) is 5.92 Å². The molecule has 1 aliphatic heterocycles. The van der Waals surface area contributed by atoms with E-state index in [-0.39, 0.29) is 50.7 Å². The van der Waals surface area contributed by atoms with Crippen molar-refractivity contribution in [1.29, 1.82) is 0 Å². The van der Waals surface area contributed by atoms with E-state index in [1.54, 1.807) is 30.6 Å². The number of hydrogen-bond donors (Lipinski definition) is 1. The number of carbonyl (C=O) groups excluding carboxylic acids is 1. The Hall–Kier alpha value is -2.48. The molecule has 2 aromatic rings. The largest absolute Gasteiger partial charge is 0.491 e. The second-order valence-electron chi connectivity index (χ2n) is 8.02. The Morgan fingerprint density at radius 1 is 1.44 bits per heavy atom. The molecule has 0 aliphatic carbocycles. The molecule has 0 fully saturated rings. The maximum Gasteiger partial charge on any atom is 0.237 e. The molecule has 0 saturated carbocycles. The number of carbonyl (C=O) groups is 1. The maximum absolute atomic E-state index is 13.6. The Balaban J connectivity index is 1.68. The van der Waals surface area contributed by atoms with Gasteiger partial charge in [0.25, 0.3) is 0 Å². The van der Waals surface area contributed by atoms with Crippen LogP contribution in [0.3, 0.4) is 0 Å². The highest BCUT2D eigenvalue weighted by Crippen LogP contribution is 2.34. The summed E-state index contributed by atoms with van der Waals surface area (Å²) in [6, 6.07) is 7.73. The van der Waals surface area contributed by atoms with Crippen LogP contribution in [0.15, 0.2) is 35.7 Å². The summed E-state index contributed by atoms with van der Waals surface area (Å²) in [5.41, 5.74) is 1.06. The van der Waals surface area contributed by atoms with Gasteiger partial charge in [-0.3, -0.25) is 9.69 Å². The zero-order valence-corrected chi connectivity index (χ0v) is 20.1. The Morgan fingerprint density at radius 2 is 2.29 bits per heavy atom. The lowest BCUT2D eigenvalue weighted by molar-refractivity contribution is -0.136. The number of hydrogen-bond acceptors (Lipinski definition) is 7. The van der Waals surface area contributed by atoms with Crippen LogP contribution in [-0.2, 0) is 20.7 Å². The van der Waals surface area contributed by atoms with Crippen molar-refractivity contribution in [2.75, 3.05) is 59.7 Å². The first kappa shape index (κ1) is 26.1. The summed E-state index contributed by atoms with van der Waals surface area (Å²) < 4.78 is 29.9. The van der Waals surface area contributed by atoms with Crippen molar-refractivity contribution in [2.24, 2.45) is 0 Å². The van der Waals surface area contributed by atoms with Crippen LogP contribution < -0.4 is 4.74 Å². The third-order valence-electron chi connectivity index (χ3n) is 5.55. The number of aliphatic hydroxyl groups is 1. The first-order valence-electron chi connectivity index (χ1n) is 11.2. The van der Waals surface area contributed by atoms with Gasteiger partial charge in [0.1, 0.15) is 24.8 Å². The van der Waals surface area contributed by atoms with Crippen LogP contribution in [0.1, 0.15) is 16.5 Å². The van der Waals surface area contributed by atoms with Crippen LogP contribution in [0.25, 0.3) is 0 Å². The highest BCUT2D eigenvalue weighted by molar-refractivity contribution is 7.10. The Morgan fingerprint density at radius 3 is 3.06 bits per heavy atom. The van der Waals surface area contributed by atoms with E-state index in [4.69, 9.17) is 20.6 Å². The van der Waals surface area contributed by atoms with E-state index in [1.165, 1.54) is 17.0 Å². The van der Waals surface area contributed by atoms with Crippen molar-refractivity contribution < 1.29 is 28.5 Å². The van der Waals surface area contributed by atoms with Gasteiger partial charge in [0, 0.05) is 37.7 Å². The molecule has 9 heteroatoms. The number of methoxy groups -OCH3 is 1. The van der Waals surface area contributed by atoms with Crippen LogP contribution in [-0.4, -0.2) is 86.6 Å².